The Morgan fingerprint density at radius 2 is 0.915 bits per heavy atom. The van der Waals surface area contributed by atoms with Crippen LogP contribution in [0.2, 0.25) is 0 Å². The fraction of sp³-hybridized carbons (Fsp3) is 0. The zero-order chi connectivity index (χ0) is 38.9. The van der Waals surface area contributed by atoms with Crippen LogP contribution in [0.25, 0.3) is 121 Å². The molecule has 0 saturated carbocycles. The average molecular weight is 751 g/mol. The molecule has 0 unspecified atom stereocenters. The average Bonchev–Trinajstić information content (AvgIpc) is 3.71. The first kappa shape index (κ1) is 33.3. The van der Waals surface area contributed by atoms with E-state index in [1.807, 2.05) is 0 Å². The van der Waals surface area contributed by atoms with Crippen LogP contribution in [-0.2, 0) is 0 Å². The van der Waals surface area contributed by atoms with Crippen LogP contribution in [0.3, 0.4) is 0 Å². The highest BCUT2D eigenvalue weighted by Crippen LogP contribution is 2.42. The number of hydrogen-bond donors (Lipinski definition) is 0. The lowest BCUT2D eigenvalue weighted by atomic mass is 9.92. The van der Waals surface area contributed by atoms with E-state index in [1.54, 1.807) is 0 Å². The molecule has 10 aromatic carbocycles. The van der Waals surface area contributed by atoms with Crippen molar-refractivity contribution in [1.82, 2.24) is 9.97 Å². The molecule has 0 radical (unpaired) electrons. The van der Waals surface area contributed by atoms with Crippen LogP contribution < -0.4 is 0 Å². The second kappa shape index (κ2) is 13.4. The number of nitrogens with zero attached hydrogens (tertiary/aromatic N) is 2. The zero-order valence-electron chi connectivity index (χ0n) is 31.9. The summed E-state index contributed by atoms with van der Waals surface area (Å²) in [6, 6.07) is 73.2. The van der Waals surface area contributed by atoms with Crippen molar-refractivity contribution in [2.24, 2.45) is 0 Å². The Morgan fingerprint density at radius 3 is 1.73 bits per heavy atom. The molecule has 2 aromatic heterocycles. The minimum atomic E-state index is 0.698. The van der Waals surface area contributed by atoms with E-state index in [2.05, 4.69) is 206 Å². The molecule has 0 N–H and O–H groups in total. The van der Waals surface area contributed by atoms with E-state index >= 15 is 0 Å². The summed E-state index contributed by atoms with van der Waals surface area (Å²) >= 11 is 0. The molecule has 0 bridgehead atoms. The minimum absolute atomic E-state index is 0.698. The van der Waals surface area contributed by atoms with E-state index in [-0.39, 0.29) is 0 Å². The van der Waals surface area contributed by atoms with Crippen molar-refractivity contribution in [3.63, 3.8) is 0 Å². The van der Waals surface area contributed by atoms with Crippen molar-refractivity contribution in [2.75, 3.05) is 0 Å². The van der Waals surface area contributed by atoms with Crippen LogP contribution in [-0.4, -0.2) is 9.97 Å². The molecule has 3 heteroatoms. The molecule has 0 aliphatic rings. The van der Waals surface area contributed by atoms with Crippen LogP contribution in [0, 0.1) is 0 Å². The summed E-state index contributed by atoms with van der Waals surface area (Å²) in [7, 11) is 0. The summed E-state index contributed by atoms with van der Waals surface area (Å²) in [6.07, 6.45) is 0. The van der Waals surface area contributed by atoms with Crippen molar-refractivity contribution < 1.29 is 4.42 Å². The summed E-state index contributed by atoms with van der Waals surface area (Å²) in [5.74, 6) is 0.698. The Morgan fingerprint density at radius 1 is 0.322 bits per heavy atom. The van der Waals surface area contributed by atoms with E-state index < -0.39 is 0 Å². The molecule has 0 amide bonds. The number of fused-ring (bicyclic) bond motifs is 9. The van der Waals surface area contributed by atoms with Gasteiger partial charge in [0.1, 0.15) is 11.2 Å². The molecule has 0 fully saturated rings. The lowest BCUT2D eigenvalue weighted by Gasteiger charge is -2.16. The molecule has 2 heterocycles. The zero-order valence-corrected chi connectivity index (χ0v) is 31.9. The molecule has 0 saturated heterocycles. The van der Waals surface area contributed by atoms with E-state index in [4.69, 9.17) is 14.4 Å². The molecule has 3 nitrogen and oxygen atoms in total. The van der Waals surface area contributed by atoms with Gasteiger partial charge in [-0.15, -0.1) is 0 Å². The summed E-state index contributed by atoms with van der Waals surface area (Å²) in [4.78, 5) is 11.0. The maximum atomic E-state index is 6.54. The highest BCUT2D eigenvalue weighted by Gasteiger charge is 2.20. The van der Waals surface area contributed by atoms with E-state index in [1.165, 1.54) is 21.5 Å². The summed E-state index contributed by atoms with van der Waals surface area (Å²) in [5, 5.41) is 11.6. The quantitative estimate of drug-likeness (QED) is 0.130. The van der Waals surface area contributed by atoms with Gasteiger partial charge in [-0.25, -0.2) is 9.97 Å². The van der Waals surface area contributed by atoms with Crippen molar-refractivity contribution in [1.29, 1.82) is 0 Å². The maximum Gasteiger partial charge on any atom is 0.161 e. The lowest BCUT2D eigenvalue weighted by Crippen LogP contribution is -1.98. The normalized spacial score (nSPS) is 11.7. The lowest BCUT2D eigenvalue weighted by molar-refractivity contribution is 0.673. The van der Waals surface area contributed by atoms with Gasteiger partial charge >= 0.3 is 0 Å². The molecule has 0 aliphatic carbocycles. The molecule has 0 aliphatic heterocycles. The molecule has 274 valence electrons. The Hall–Kier alpha value is -7.88. The number of aromatic nitrogens is 2. The SMILES string of the molecule is c1ccc(-c2ccccc2-c2cc(-c3ccc(-c4cccc5oc6c7ccccc7ccc6c45)cc3)nc(-c3c4ccccc4cc4c3ccc3ccccc34)n2)cc1. The van der Waals surface area contributed by atoms with E-state index in [9.17, 15) is 0 Å². The van der Waals surface area contributed by atoms with E-state index in [0.717, 1.165) is 93.8 Å². The number of hydrogen-bond acceptors (Lipinski definition) is 3. The Bertz CT molecular complexity index is 3600. The summed E-state index contributed by atoms with van der Waals surface area (Å²) in [5.41, 5.74) is 11.2. The first-order valence-corrected chi connectivity index (χ1v) is 20.1. The second-order valence-electron chi connectivity index (χ2n) is 15.2. The molecule has 0 atom stereocenters. The summed E-state index contributed by atoms with van der Waals surface area (Å²) < 4.78 is 6.54. The molecule has 59 heavy (non-hydrogen) atoms. The Balaban J connectivity index is 1.08. The van der Waals surface area contributed by atoms with Crippen LogP contribution in [0.15, 0.2) is 211 Å². The third kappa shape index (κ3) is 5.44. The number of benzene rings is 10. The topological polar surface area (TPSA) is 38.9 Å². The van der Waals surface area contributed by atoms with Gasteiger partial charge < -0.3 is 4.42 Å². The van der Waals surface area contributed by atoms with Crippen LogP contribution in [0.4, 0.5) is 0 Å². The fourth-order valence-electron chi connectivity index (χ4n) is 9.10. The molecular weight excluding hydrogens is 717 g/mol. The van der Waals surface area contributed by atoms with Gasteiger partial charge in [0.15, 0.2) is 5.82 Å². The molecule has 12 aromatic rings. The fourth-order valence-corrected chi connectivity index (χ4v) is 9.10. The largest absolute Gasteiger partial charge is 0.455 e. The monoisotopic (exact) mass is 750 g/mol. The minimum Gasteiger partial charge on any atom is -0.455 e. The van der Waals surface area contributed by atoms with Crippen molar-refractivity contribution >= 4 is 65.0 Å². The third-order valence-electron chi connectivity index (χ3n) is 11.9. The maximum absolute atomic E-state index is 6.54. The highest BCUT2D eigenvalue weighted by molar-refractivity contribution is 6.20. The third-order valence-corrected chi connectivity index (χ3v) is 11.9. The second-order valence-corrected chi connectivity index (χ2v) is 15.2. The van der Waals surface area contributed by atoms with Gasteiger partial charge in [-0.1, -0.05) is 182 Å². The van der Waals surface area contributed by atoms with Crippen LogP contribution in [0.1, 0.15) is 0 Å². The standard InChI is InChI=1S/C56H34N2O/c1-2-13-35(14-3-1)41-18-10-11-22-46(41)51-34-50(57-56(58-51)54-44-20-8-6-17-40(44)33-49-42-19-7-4-15-36(42)29-31-47(49)54)39-27-25-38(26-28-39)43-23-12-24-52-53(43)48-32-30-37-16-5-9-21-45(37)55(48)59-52/h1-34H. The van der Waals surface area contributed by atoms with Gasteiger partial charge in [-0.3, -0.25) is 0 Å². The van der Waals surface area contributed by atoms with Crippen molar-refractivity contribution in [3.05, 3.63) is 206 Å². The molecule has 0 spiro atoms. The summed E-state index contributed by atoms with van der Waals surface area (Å²) in [6.45, 7) is 0. The van der Waals surface area contributed by atoms with Gasteiger partial charge in [0.05, 0.1) is 11.4 Å². The first-order chi connectivity index (χ1) is 29.2. The highest BCUT2D eigenvalue weighted by atomic mass is 16.3. The van der Waals surface area contributed by atoms with Gasteiger partial charge in [0.25, 0.3) is 0 Å². The Kier molecular flexibility index (Phi) is 7.54. The van der Waals surface area contributed by atoms with Crippen molar-refractivity contribution in [3.8, 4) is 56.2 Å². The van der Waals surface area contributed by atoms with Crippen LogP contribution in [0.5, 0.6) is 0 Å². The molecular formula is C56H34N2O. The number of furan rings is 1. The first-order valence-electron chi connectivity index (χ1n) is 20.1. The van der Waals surface area contributed by atoms with E-state index in [0.29, 0.717) is 5.82 Å². The van der Waals surface area contributed by atoms with Gasteiger partial charge in [-0.05, 0) is 84.2 Å². The predicted molar refractivity (Wildman–Crippen MR) is 247 cm³/mol. The number of rotatable bonds is 5. The predicted octanol–water partition coefficient (Wildman–Crippen LogP) is 15.3. The van der Waals surface area contributed by atoms with Crippen LogP contribution >= 0.6 is 0 Å². The van der Waals surface area contributed by atoms with Gasteiger partial charge in [-0.2, -0.15) is 0 Å². The van der Waals surface area contributed by atoms with Gasteiger partial charge in [0, 0.05) is 32.8 Å². The Labute approximate surface area is 340 Å². The molecule has 12 rings (SSSR count). The smallest absolute Gasteiger partial charge is 0.161 e. The van der Waals surface area contributed by atoms with Gasteiger partial charge in [0.2, 0.25) is 0 Å². The van der Waals surface area contributed by atoms with Crippen molar-refractivity contribution in [2.45, 2.75) is 0 Å².